The van der Waals surface area contributed by atoms with Gasteiger partial charge in [0.2, 0.25) is 0 Å². The Morgan fingerprint density at radius 2 is 1.95 bits per heavy atom. The minimum atomic E-state index is 0.286. The lowest BCUT2D eigenvalue weighted by molar-refractivity contribution is 0.672. The molecule has 0 fully saturated rings. The van der Waals surface area contributed by atoms with Gasteiger partial charge >= 0.3 is 0 Å². The molecule has 0 aliphatic rings. The number of nitrogen functional groups attached to an aromatic ring is 1. The van der Waals surface area contributed by atoms with Crippen molar-refractivity contribution in [2.45, 2.75) is 26.4 Å². The summed E-state index contributed by atoms with van der Waals surface area (Å²) in [6, 6.07) is 13.8. The maximum absolute atomic E-state index is 8.99. The topological polar surface area (TPSA) is 65.9 Å². The summed E-state index contributed by atoms with van der Waals surface area (Å²) in [5, 5.41) is 8.99. The highest BCUT2D eigenvalue weighted by molar-refractivity contribution is 5.47. The van der Waals surface area contributed by atoms with Gasteiger partial charge in [0.25, 0.3) is 0 Å². The van der Waals surface area contributed by atoms with Crippen molar-refractivity contribution in [3.8, 4) is 6.07 Å². The van der Waals surface area contributed by atoms with Gasteiger partial charge in [-0.1, -0.05) is 12.1 Å². The van der Waals surface area contributed by atoms with E-state index in [9.17, 15) is 0 Å². The zero-order chi connectivity index (χ0) is 14.5. The molecule has 0 aliphatic heterocycles. The summed E-state index contributed by atoms with van der Waals surface area (Å²) in [5.41, 5.74) is 8.25. The SMILES string of the molecule is CC(C)N(Cc1ccc(N)cc1)c1cc(C#N)ccn1. The van der Waals surface area contributed by atoms with E-state index in [0.29, 0.717) is 5.56 Å². The van der Waals surface area contributed by atoms with Gasteiger partial charge in [-0.25, -0.2) is 4.98 Å². The third-order valence-electron chi connectivity index (χ3n) is 3.12. The van der Waals surface area contributed by atoms with Crippen LogP contribution in [0, 0.1) is 11.3 Å². The molecule has 4 nitrogen and oxygen atoms in total. The van der Waals surface area contributed by atoms with Crippen LogP contribution in [-0.4, -0.2) is 11.0 Å². The normalized spacial score (nSPS) is 10.3. The first kappa shape index (κ1) is 13.9. The molecule has 0 aliphatic carbocycles. The molecule has 1 aromatic carbocycles. The number of aromatic nitrogens is 1. The van der Waals surface area contributed by atoms with Crippen molar-refractivity contribution in [2.75, 3.05) is 10.6 Å². The second-order valence-corrected chi connectivity index (χ2v) is 4.98. The molecule has 0 unspecified atom stereocenters. The molecule has 1 heterocycles. The highest BCUT2D eigenvalue weighted by Crippen LogP contribution is 2.19. The molecule has 0 saturated heterocycles. The smallest absolute Gasteiger partial charge is 0.130 e. The Bertz CT molecular complexity index is 611. The molecule has 2 aromatic rings. The van der Waals surface area contributed by atoms with Gasteiger partial charge in [-0.3, -0.25) is 0 Å². The van der Waals surface area contributed by atoms with Crippen LogP contribution in [0.15, 0.2) is 42.6 Å². The van der Waals surface area contributed by atoms with Crippen LogP contribution in [-0.2, 0) is 6.54 Å². The number of nitriles is 1. The van der Waals surface area contributed by atoms with E-state index in [0.717, 1.165) is 23.6 Å². The third kappa shape index (κ3) is 3.27. The van der Waals surface area contributed by atoms with E-state index in [1.807, 2.05) is 30.3 Å². The Morgan fingerprint density at radius 1 is 1.25 bits per heavy atom. The lowest BCUT2D eigenvalue weighted by Gasteiger charge is -2.28. The van der Waals surface area contributed by atoms with Crippen molar-refractivity contribution in [1.82, 2.24) is 4.98 Å². The highest BCUT2D eigenvalue weighted by Gasteiger charge is 2.13. The van der Waals surface area contributed by atoms with Crippen molar-refractivity contribution < 1.29 is 0 Å². The van der Waals surface area contributed by atoms with Crippen LogP contribution in [0.5, 0.6) is 0 Å². The number of benzene rings is 1. The fraction of sp³-hybridized carbons (Fsp3) is 0.250. The van der Waals surface area contributed by atoms with Crippen LogP contribution in [0.2, 0.25) is 0 Å². The molecule has 0 bridgehead atoms. The van der Waals surface area contributed by atoms with E-state index in [-0.39, 0.29) is 6.04 Å². The van der Waals surface area contributed by atoms with Crippen molar-refractivity contribution >= 4 is 11.5 Å². The molecule has 0 radical (unpaired) electrons. The van der Waals surface area contributed by atoms with Gasteiger partial charge < -0.3 is 10.6 Å². The number of hydrogen-bond donors (Lipinski definition) is 1. The highest BCUT2D eigenvalue weighted by atomic mass is 15.2. The molecule has 1 aromatic heterocycles. The van der Waals surface area contributed by atoms with Gasteiger partial charge in [0.15, 0.2) is 0 Å². The van der Waals surface area contributed by atoms with Crippen LogP contribution in [0.1, 0.15) is 25.0 Å². The Morgan fingerprint density at radius 3 is 2.55 bits per heavy atom. The van der Waals surface area contributed by atoms with E-state index in [4.69, 9.17) is 11.0 Å². The molecule has 0 spiro atoms. The second-order valence-electron chi connectivity index (χ2n) is 4.98. The minimum Gasteiger partial charge on any atom is -0.399 e. The van der Waals surface area contributed by atoms with E-state index >= 15 is 0 Å². The van der Waals surface area contributed by atoms with Gasteiger partial charge in [-0.05, 0) is 43.7 Å². The molecule has 0 amide bonds. The lowest BCUT2D eigenvalue weighted by atomic mass is 10.1. The predicted molar refractivity (Wildman–Crippen MR) is 81.1 cm³/mol. The Kier molecular flexibility index (Phi) is 4.21. The van der Waals surface area contributed by atoms with E-state index in [1.54, 1.807) is 12.3 Å². The number of nitrogens with two attached hydrogens (primary N) is 1. The largest absolute Gasteiger partial charge is 0.399 e. The van der Waals surface area contributed by atoms with E-state index < -0.39 is 0 Å². The average molecular weight is 266 g/mol. The molecular formula is C16H18N4. The van der Waals surface area contributed by atoms with Gasteiger partial charge in [0.05, 0.1) is 11.6 Å². The van der Waals surface area contributed by atoms with Crippen LogP contribution >= 0.6 is 0 Å². The molecule has 4 heteroatoms. The number of anilines is 2. The van der Waals surface area contributed by atoms with Crippen LogP contribution < -0.4 is 10.6 Å². The summed E-state index contributed by atoms with van der Waals surface area (Å²) in [7, 11) is 0. The van der Waals surface area contributed by atoms with Crippen LogP contribution in [0.25, 0.3) is 0 Å². The quantitative estimate of drug-likeness (QED) is 0.864. The summed E-state index contributed by atoms with van der Waals surface area (Å²) in [6.45, 7) is 4.95. The zero-order valence-corrected chi connectivity index (χ0v) is 11.7. The number of hydrogen-bond acceptors (Lipinski definition) is 4. The Labute approximate surface area is 119 Å². The molecule has 2 N–H and O–H groups in total. The molecular weight excluding hydrogens is 248 g/mol. The average Bonchev–Trinajstić information content (AvgIpc) is 2.46. The van der Waals surface area contributed by atoms with Crippen molar-refractivity contribution in [3.63, 3.8) is 0 Å². The van der Waals surface area contributed by atoms with Gasteiger partial charge in [0, 0.05) is 24.5 Å². The molecule has 0 saturated carbocycles. The number of nitrogens with zero attached hydrogens (tertiary/aromatic N) is 3. The molecule has 102 valence electrons. The maximum Gasteiger partial charge on any atom is 0.130 e. The first-order valence-corrected chi connectivity index (χ1v) is 6.57. The van der Waals surface area contributed by atoms with Crippen molar-refractivity contribution in [3.05, 3.63) is 53.7 Å². The number of rotatable bonds is 4. The number of pyridine rings is 1. The zero-order valence-electron chi connectivity index (χ0n) is 11.7. The van der Waals surface area contributed by atoms with E-state index in [2.05, 4.69) is 29.8 Å². The standard InChI is InChI=1S/C16H18N4/c1-12(2)20(11-13-3-5-15(18)6-4-13)16-9-14(10-17)7-8-19-16/h3-9,12H,11,18H2,1-2H3. The van der Waals surface area contributed by atoms with Crippen molar-refractivity contribution in [1.29, 1.82) is 5.26 Å². The summed E-state index contributed by atoms with van der Waals surface area (Å²) in [6.07, 6.45) is 1.67. The second kappa shape index (κ2) is 6.07. The first-order chi connectivity index (χ1) is 9.60. The summed E-state index contributed by atoms with van der Waals surface area (Å²) >= 11 is 0. The summed E-state index contributed by atoms with van der Waals surface area (Å²) in [4.78, 5) is 6.53. The Balaban J connectivity index is 2.27. The van der Waals surface area contributed by atoms with Crippen LogP contribution in [0.3, 0.4) is 0 Å². The summed E-state index contributed by atoms with van der Waals surface area (Å²) < 4.78 is 0. The van der Waals surface area contributed by atoms with Crippen molar-refractivity contribution in [2.24, 2.45) is 0 Å². The molecule has 0 atom stereocenters. The fourth-order valence-electron chi connectivity index (χ4n) is 1.99. The minimum absolute atomic E-state index is 0.286. The fourth-order valence-corrected chi connectivity index (χ4v) is 1.99. The van der Waals surface area contributed by atoms with Crippen LogP contribution in [0.4, 0.5) is 11.5 Å². The van der Waals surface area contributed by atoms with E-state index in [1.165, 1.54) is 0 Å². The molecule has 2 rings (SSSR count). The lowest BCUT2D eigenvalue weighted by Crippen LogP contribution is -2.30. The maximum atomic E-state index is 8.99. The predicted octanol–water partition coefficient (Wildman–Crippen LogP) is 2.95. The molecule has 20 heavy (non-hydrogen) atoms. The van der Waals surface area contributed by atoms with Gasteiger partial charge in [-0.15, -0.1) is 0 Å². The monoisotopic (exact) mass is 266 g/mol. The third-order valence-corrected chi connectivity index (χ3v) is 3.12. The summed E-state index contributed by atoms with van der Waals surface area (Å²) in [5.74, 6) is 0.816. The van der Waals surface area contributed by atoms with Gasteiger partial charge in [-0.2, -0.15) is 5.26 Å². The Hall–Kier alpha value is -2.54. The first-order valence-electron chi connectivity index (χ1n) is 6.57. The van der Waals surface area contributed by atoms with Gasteiger partial charge in [0.1, 0.15) is 5.82 Å².